The van der Waals surface area contributed by atoms with Crippen LogP contribution in [0.2, 0.25) is 5.02 Å². The molecule has 3 aromatic rings. The van der Waals surface area contributed by atoms with Gasteiger partial charge in [-0.25, -0.2) is 4.98 Å². The lowest BCUT2D eigenvalue weighted by Crippen LogP contribution is -2.32. The zero-order chi connectivity index (χ0) is 17.8. The summed E-state index contributed by atoms with van der Waals surface area (Å²) in [6, 6.07) is 10.1. The largest absolute Gasteiger partial charge is 0.406 e. The van der Waals surface area contributed by atoms with Crippen molar-refractivity contribution in [1.82, 2.24) is 9.71 Å². The van der Waals surface area contributed by atoms with E-state index < -0.39 is 11.5 Å². The Bertz CT molecular complexity index is 950. The maximum atomic E-state index is 12.4. The van der Waals surface area contributed by atoms with Crippen LogP contribution < -0.4 is 15.7 Å². The molecule has 0 saturated heterocycles. The van der Waals surface area contributed by atoms with E-state index in [4.69, 9.17) is 16.4 Å². The number of anilines is 1. The molecule has 0 bridgehead atoms. The molecular formula is C17H14ClN3O3S. The number of aromatic nitrogens is 2. The van der Waals surface area contributed by atoms with Crippen molar-refractivity contribution >= 4 is 34.0 Å². The molecule has 2 heterocycles. The monoisotopic (exact) mass is 375 g/mol. The van der Waals surface area contributed by atoms with Gasteiger partial charge in [0.25, 0.3) is 11.5 Å². The van der Waals surface area contributed by atoms with Crippen LogP contribution in [-0.4, -0.2) is 15.6 Å². The number of hydrogen-bond acceptors (Lipinski definition) is 5. The Morgan fingerprint density at radius 3 is 2.76 bits per heavy atom. The van der Waals surface area contributed by atoms with Crippen molar-refractivity contribution < 1.29 is 9.63 Å². The molecule has 0 unspecified atom stereocenters. The molecule has 128 valence electrons. The molecule has 0 aliphatic rings. The Balaban J connectivity index is 1.74. The second kappa shape index (κ2) is 7.50. The molecule has 3 rings (SSSR count). The summed E-state index contributed by atoms with van der Waals surface area (Å²) in [6.07, 6.45) is 1.46. The molecule has 2 aromatic heterocycles. The number of rotatable bonds is 5. The van der Waals surface area contributed by atoms with Crippen molar-refractivity contribution in [3.8, 4) is 0 Å². The molecule has 0 spiro atoms. The molecule has 1 N–H and O–H groups in total. The number of aryl methyl sites for hydroxylation is 1. The van der Waals surface area contributed by atoms with Crippen molar-refractivity contribution in [2.24, 2.45) is 0 Å². The van der Waals surface area contributed by atoms with Gasteiger partial charge in [0.05, 0.1) is 5.69 Å². The van der Waals surface area contributed by atoms with Crippen molar-refractivity contribution in [3.63, 3.8) is 0 Å². The number of carbonyl (C=O) groups excluding carboxylic acids is 1. The molecule has 8 heteroatoms. The van der Waals surface area contributed by atoms with Crippen LogP contribution in [0.4, 0.5) is 5.13 Å². The maximum Gasteiger partial charge on any atom is 0.295 e. The number of hydrogen-bond donors (Lipinski definition) is 1. The van der Waals surface area contributed by atoms with E-state index in [-0.39, 0.29) is 12.2 Å². The minimum atomic E-state index is -0.540. The molecule has 6 nitrogen and oxygen atoms in total. The first-order chi connectivity index (χ1) is 12.0. The minimum absolute atomic E-state index is 0.0218. The Morgan fingerprint density at radius 2 is 2.08 bits per heavy atom. The van der Waals surface area contributed by atoms with Crippen molar-refractivity contribution in [1.29, 1.82) is 0 Å². The first-order valence-corrected chi connectivity index (χ1v) is 8.61. The van der Waals surface area contributed by atoms with Gasteiger partial charge >= 0.3 is 0 Å². The maximum absolute atomic E-state index is 12.4. The second-order valence-electron chi connectivity index (χ2n) is 5.20. The summed E-state index contributed by atoms with van der Waals surface area (Å²) in [6.45, 7) is 2.00. The lowest BCUT2D eigenvalue weighted by Gasteiger charge is -2.09. The van der Waals surface area contributed by atoms with Crippen molar-refractivity contribution in [2.45, 2.75) is 13.5 Å². The van der Waals surface area contributed by atoms with Crippen molar-refractivity contribution in [3.05, 3.63) is 80.2 Å². The number of benzene rings is 1. The van der Waals surface area contributed by atoms with Crippen LogP contribution in [0.15, 0.2) is 52.8 Å². The predicted octanol–water partition coefficient (Wildman–Crippen LogP) is 3.15. The fourth-order valence-electron chi connectivity index (χ4n) is 2.05. The molecule has 1 aromatic carbocycles. The third-order valence-corrected chi connectivity index (χ3v) is 4.41. The summed E-state index contributed by atoms with van der Waals surface area (Å²) in [7, 11) is 0. The van der Waals surface area contributed by atoms with Crippen LogP contribution in [0.1, 0.15) is 21.6 Å². The molecule has 0 fully saturated rings. The Morgan fingerprint density at radius 1 is 1.32 bits per heavy atom. The smallest absolute Gasteiger partial charge is 0.295 e. The van der Waals surface area contributed by atoms with Gasteiger partial charge in [-0.15, -0.1) is 11.3 Å². The van der Waals surface area contributed by atoms with Gasteiger partial charge in [0.1, 0.15) is 12.2 Å². The summed E-state index contributed by atoms with van der Waals surface area (Å²) in [4.78, 5) is 34.3. The summed E-state index contributed by atoms with van der Waals surface area (Å²) in [5.74, 6) is -0.524. The molecule has 0 atom stereocenters. The van der Waals surface area contributed by atoms with Crippen LogP contribution in [0.3, 0.4) is 0 Å². The summed E-state index contributed by atoms with van der Waals surface area (Å²) < 4.78 is 1.04. The van der Waals surface area contributed by atoms with Gasteiger partial charge < -0.3 is 4.84 Å². The normalized spacial score (nSPS) is 10.5. The number of pyridine rings is 1. The zero-order valence-electron chi connectivity index (χ0n) is 13.2. The molecule has 25 heavy (non-hydrogen) atoms. The van der Waals surface area contributed by atoms with E-state index in [1.54, 1.807) is 30.3 Å². The molecule has 0 aliphatic carbocycles. The Hall–Kier alpha value is -2.64. The zero-order valence-corrected chi connectivity index (χ0v) is 14.8. The Kier molecular flexibility index (Phi) is 5.16. The minimum Gasteiger partial charge on any atom is -0.406 e. The van der Waals surface area contributed by atoms with Gasteiger partial charge in [-0.2, -0.15) is 4.73 Å². The quantitative estimate of drug-likeness (QED) is 0.743. The molecule has 1 amide bonds. The van der Waals surface area contributed by atoms with Gasteiger partial charge in [-0.3, -0.25) is 14.9 Å². The van der Waals surface area contributed by atoms with Crippen LogP contribution in [0.5, 0.6) is 0 Å². The van der Waals surface area contributed by atoms with E-state index in [2.05, 4.69) is 10.3 Å². The summed E-state index contributed by atoms with van der Waals surface area (Å²) in [5.41, 5.74) is 1.09. The van der Waals surface area contributed by atoms with Crippen LogP contribution in [0.25, 0.3) is 0 Å². The first kappa shape index (κ1) is 17.2. The van der Waals surface area contributed by atoms with E-state index in [9.17, 15) is 9.59 Å². The molecule has 0 aliphatic heterocycles. The van der Waals surface area contributed by atoms with Crippen LogP contribution >= 0.6 is 22.9 Å². The summed E-state index contributed by atoms with van der Waals surface area (Å²) >= 11 is 7.13. The van der Waals surface area contributed by atoms with E-state index in [1.807, 2.05) is 12.3 Å². The number of thiazole rings is 1. The number of nitrogens with zero attached hydrogens (tertiary/aromatic N) is 2. The average molecular weight is 376 g/mol. The predicted molar refractivity (Wildman–Crippen MR) is 97.2 cm³/mol. The lowest BCUT2D eigenvalue weighted by molar-refractivity contribution is 0.0863. The summed E-state index contributed by atoms with van der Waals surface area (Å²) in [5, 5.41) is 5.49. The molecule has 0 radical (unpaired) electrons. The highest BCUT2D eigenvalue weighted by Gasteiger charge is 2.14. The van der Waals surface area contributed by atoms with Gasteiger partial charge in [0.15, 0.2) is 5.13 Å². The topological polar surface area (TPSA) is 73.2 Å². The SMILES string of the molecule is Cc1csc(NC(=O)c2cccn(OCc3ccc(Cl)cc3)c2=O)n1. The third kappa shape index (κ3) is 4.26. The number of amides is 1. The fraction of sp³-hybridized carbons (Fsp3) is 0.118. The van der Waals surface area contributed by atoms with Gasteiger partial charge in [0.2, 0.25) is 0 Å². The highest BCUT2D eigenvalue weighted by Crippen LogP contribution is 2.15. The number of carbonyl (C=O) groups is 1. The standard InChI is InChI=1S/C17H14ClN3O3S/c1-11-10-25-17(19-11)20-15(22)14-3-2-8-21(16(14)23)24-9-12-4-6-13(18)7-5-12/h2-8,10H,9H2,1H3,(H,19,20,22). The van der Waals surface area contributed by atoms with Gasteiger partial charge in [-0.05, 0) is 36.8 Å². The molecular weight excluding hydrogens is 362 g/mol. The number of nitrogens with one attached hydrogen (secondary N) is 1. The van der Waals surface area contributed by atoms with Gasteiger partial charge in [0, 0.05) is 16.6 Å². The van der Waals surface area contributed by atoms with E-state index in [0.29, 0.717) is 10.2 Å². The Labute approximate surface area is 152 Å². The third-order valence-electron chi connectivity index (χ3n) is 3.28. The second-order valence-corrected chi connectivity index (χ2v) is 6.50. The van der Waals surface area contributed by atoms with Crippen LogP contribution in [-0.2, 0) is 6.61 Å². The van der Waals surface area contributed by atoms with E-state index in [0.717, 1.165) is 16.0 Å². The fourth-order valence-corrected chi connectivity index (χ4v) is 2.86. The van der Waals surface area contributed by atoms with E-state index in [1.165, 1.54) is 23.6 Å². The highest BCUT2D eigenvalue weighted by atomic mass is 35.5. The van der Waals surface area contributed by atoms with Crippen molar-refractivity contribution in [2.75, 3.05) is 5.32 Å². The average Bonchev–Trinajstić information content (AvgIpc) is 3.00. The van der Waals surface area contributed by atoms with Gasteiger partial charge in [-0.1, -0.05) is 23.7 Å². The first-order valence-electron chi connectivity index (χ1n) is 7.36. The van der Waals surface area contributed by atoms with Crippen LogP contribution in [0, 0.1) is 6.92 Å². The molecule has 0 saturated carbocycles. The highest BCUT2D eigenvalue weighted by molar-refractivity contribution is 7.13. The lowest BCUT2D eigenvalue weighted by atomic mass is 10.2. The number of halogens is 1. The van der Waals surface area contributed by atoms with E-state index >= 15 is 0 Å².